The first-order valence-electron chi connectivity index (χ1n) is 7.62. The third-order valence-corrected chi connectivity index (χ3v) is 3.72. The van der Waals surface area contributed by atoms with E-state index in [1.54, 1.807) is 0 Å². The topological polar surface area (TPSA) is 55.4 Å². The van der Waals surface area contributed by atoms with Crippen LogP contribution in [0.2, 0.25) is 5.02 Å². The second-order valence-electron chi connectivity index (χ2n) is 5.39. The second-order valence-corrected chi connectivity index (χ2v) is 5.79. The number of carbonyl (C=O) groups excluding carboxylic acids is 2. The molecule has 0 aliphatic carbocycles. The lowest BCUT2D eigenvalue weighted by Gasteiger charge is -2.12. The van der Waals surface area contributed by atoms with E-state index in [1.165, 1.54) is 0 Å². The number of amides is 1. The maximum atomic E-state index is 12.7. The lowest BCUT2D eigenvalue weighted by molar-refractivity contribution is -0.147. The fourth-order valence-corrected chi connectivity index (χ4v) is 2.26. The van der Waals surface area contributed by atoms with Crippen LogP contribution < -0.4 is 5.32 Å². The molecule has 0 radical (unpaired) electrons. The molecule has 26 heavy (non-hydrogen) atoms. The van der Waals surface area contributed by atoms with Crippen LogP contribution in [0, 0.1) is 0 Å². The van der Waals surface area contributed by atoms with Crippen molar-refractivity contribution in [3.63, 3.8) is 0 Å². The van der Waals surface area contributed by atoms with E-state index in [4.69, 9.17) is 16.3 Å². The van der Waals surface area contributed by atoms with Crippen molar-refractivity contribution >= 4 is 29.2 Å². The number of benzene rings is 2. The third-order valence-electron chi connectivity index (χ3n) is 3.39. The fraction of sp³-hybridized carbons (Fsp3) is 0.222. The first-order chi connectivity index (χ1) is 12.3. The van der Waals surface area contributed by atoms with E-state index < -0.39 is 30.2 Å². The number of hydrogen-bond donors (Lipinski definition) is 1. The minimum Gasteiger partial charge on any atom is -0.456 e. The van der Waals surface area contributed by atoms with Crippen molar-refractivity contribution in [3.8, 4) is 0 Å². The molecule has 0 bridgehead atoms. The summed E-state index contributed by atoms with van der Waals surface area (Å²) < 4.78 is 42.9. The molecule has 0 aromatic heterocycles. The maximum absolute atomic E-state index is 12.7. The highest BCUT2D eigenvalue weighted by atomic mass is 35.5. The van der Waals surface area contributed by atoms with Crippen LogP contribution in [0.25, 0.3) is 0 Å². The van der Waals surface area contributed by atoms with E-state index in [0.29, 0.717) is 6.42 Å². The Hall–Kier alpha value is -2.54. The van der Waals surface area contributed by atoms with E-state index in [2.05, 4.69) is 5.32 Å². The molecular formula is C18H15ClF3NO3. The molecule has 0 saturated heterocycles. The number of halogens is 4. The van der Waals surface area contributed by atoms with Crippen molar-refractivity contribution in [2.75, 3.05) is 11.9 Å². The largest absolute Gasteiger partial charge is 0.456 e. The van der Waals surface area contributed by atoms with E-state index in [1.807, 2.05) is 30.3 Å². The lowest BCUT2D eigenvalue weighted by atomic mass is 10.1. The number of rotatable bonds is 6. The van der Waals surface area contributed by atoms with Crippen molar-refractivity contribution in [1.29, 1.82) is 0 Å². The first kappa shape index (κ1) is 19.8. The summed E-state index contributed by atoms with van der Waals surface area (Å²) in [6.07, 6.45) is -4.02. The van der Waals surface area contributed by atoms with Gasteiger partial charge in [0.2, 0.25) is 0 Å². The number of nitrogens with one attached hydrogen (secondary N) is 1. The van der Waals surface area contributed by atoms with Crippen molar-refractivity contribution in [1.82, 2.24) is 0 Å². The summed E-state index contributed by atoms with van der Waals surface area (Å²) in [5.74, 6) is -1.36. The van der Waals surface area contributed by atoms with Crippen LogP contribution in [0.15, 0.2) is 48.5 Å². The van der Waals surface area contributed by atoms with Crippen LogP contribution in [-0.4, -0.2) is 18.5 Å². The highest BCUT2D eigenvalue weighted by Gasteiger charge is 2.31. The van der Waals surface area contributed by atoms with E-state index in [-0.39, 0.29) is 17.1 Å². The van der Waals surface area contributed by atoms with Crippen molar-refractivity contribution in [2.24, 2.45) is 0 Å². The zero-order valence-electron chi connectivity index (χ0n) is 13.5. The van der Waals surface area contributed by atoms with Crippen LogP contribution in [0.1, 0.15) is 17.5 Å². The van der Waals surface area contributed by atoms with Gasteiger partial charge in [-0.15, -0.1) is 0 Å². The molecular weight excluding hydrogens is 371 g/mol. The van der Waals surface area contributed by atoms with E-state index in [0.717, 1.165) is 23.8 Å². The molecule has 0 heterocycles. The van der Waals surface area contributed by atoms with Gasteiger partial charge in [-0.25, -0.2) is 0 Å². The first-order valence-corrected chi connectivity index (χ1v) is 7.99. The summed E-state index contributed by atoms with van der Waals surface area (Å²) in [5.41, 5.74) is -0.200. The van der Waals surface area contributed by atoms with E-state index in [9.17, 15) is 22.8 Å². The molecule has 4 nitrogen and oxygen atoms in total. The Morgan fingerprint density at radius 1 is 1.08 bits per heavy atom. The number of anilines is 1. The van der Waals surface area contributed by atoms with Crippen LogP contribution in [0.5, 0.6) is 0 Å². The van der Waals surface area contributed by atoms with Crippen LogP contribution in [0.4, 0.5) is 18.9 Å². The van der Waals surface area contributed by atoms with E-state index >= 15 is 0 Å². The Morgan fingerprint density at radius 2 is 1.77 bits per heavy atom. The monoisotopic (exact) mass is 385 g/mol. The number of carbonyl (C=O) groups is 2. The average Bonchev–Trinajstić information content (AvgIpc) is 2.60. The molecule has 1 N–H and O–H groups in total. The molecule has 0 saturated carbocycles. The van der Waals surface area contributed by atoms with Gasteiger partial charge in [0.15, 0.2) is 6.61 Å². The fourth-order valence-electron chi connectivity index (χ4n) is 2.09. The molecule has 8 heteroatoms. The zero-order valence-corrected chi connectivity index (χ0v) is 14.2. The average molecular weight is 386 g/mol. The van der Waals surface area contributed by atoms with Crippen molar-refractivity contribution in [3.05, 3.63) is 64.7 Å². The summed E-state index contributed by atoms with van der Waals surface area (Å²) in [4.78, 5) is 23.4. The second kappa shape index (κ2) is 8.71. The SMILES string of the molecule is O=C(COC(=O)CCc1ccccc1)Nc1cc(C(F)(F)F)ccc1Cl. The summed E-state index contributed by atoms with van der Waals surface area (Å²) in [6, 6.07) is 11.8. The quantitative estimate of drug-likeness (QED) is 0.746. The molecule has 0 atom stereocenters. The van der Waals surface area contributed by atoms with Gasteiger partial charge >= 0.3 is 12.1 Å². The smallest absolute Gasteiger partial charge is 0.416 e. The minimum atomic E-state index is -4.56. The van der Waals surface area contributed by atoms with Crippen molar-refractivity contribution < 1.29 is 27.5 Å². The van der Waals surface area contributed by atoms with Gasteiger partial charge in [-0.1, -0.05) is 41.9 Å². The number of esters is 1. The zero-order chi connectivity index (χ0) is 19.2. The van der Waals surface area contributed by atoms with Gasteiger partial charge < -0.3 is 10.1 Å². The summed E-state index contributed by atoms with van der Waals surface area (Å²) in [5, 5.41) is 2.15. The Kier molecular flexibility index (Phi) is 6.63. The Morgan fingerprint density at radius 3 is 2.42 bits per heavy atom. The van der Waals surface area contributed by atoms with Crippen LogP contribution >= 0.6 is 11.6 Å². The Labute approximate surface area is 152 Å². The molecule has 2 rings (SSSR count). The maximum Gasteiger partial charge on any atom is 0.416 e. The number of aryl methyl sites for hydroxylation is 1. The summed E-state index contributed by atoms with van der Waals surface area (Å²) >= 11 is 5.78. The molecule has 2 aromatic rings. The lowest BCUT2D eigenvalue weighted by Crippen LogP contribution is -2.21. The predicted molar refractivity (Wildman–Crippen MR) is 90.8 cm³/mol. The molecule has 138 valence electrons. The van der Waals surface area contributed by atoms with Gasteiger partial charge in [0, 0.05) is 6.42 Å². The number of alkyl halides is 3. The van der Waals surface area contributed by atoms with Gasteiger partial charge in [0.25, 0.3) is 5.91 Å². The normalized spacial score (nSPS) is 11.1. The molecule has 0 aliphatic heterocycles. The van der Waals surface area contributed by atoms with Gasteiger partial charge in [-0.3, -0.25) is 9.59 Å². The number of ether oxygens (including phenoxy) is 1. The molecule has 0 aliphatic rings. The summed E-state index contributed by atoms with van der Waals surface area (Å²) in [7, 11) is 0. The van der Waals surface area contributed by atoms with Crippen LogP contribution in [0.3, 0.4) is 0 Å². The predicted octanol–water partition coefficient (Wildman–Crippen LogP) is 4.47. The Bertz CT molecular complexity index is 779. The minimum absolute atomic E-state index is 0.0539. The van der Waals surface area contributed by atoms with Crippen molar-refractivity contribution in [2.45, 2.75) is 19.0 Å². The van der Waals surface area contributed by atoms with Gasteiger partial charge in [-0.05, 0) is 30.2 Å². The van der Waals surface area contributed by atoms with Crippen LogP contribution in [-0.2, 0) is 26.9 Å². The highest BCUT2D eigenvalue weighted by molar-refractivity contribution is 6.33. The van der Waals surface area contributed by atoms with Gasteiger partial charge in [-0.2, -0.15) is 13.2 Å². The molecule has 0 unspecified atom stereocenters. The Balaban J connectivity index is 1.84. The molecule has 2 aromatic carbocycles. The molecule has 1 amide bonds. The van der Waals surface area contributed by atoms with Gasteiger partial charge in [0.05, 0.1) is 16.3 Å². The molecule has 0 spiro atoms. The molecule has 0 fully saturated rings. The standard InChI is InChI=1S/C18H15ClF3NO3/c19-14-8-7-13(18(20,21)22)10-15(14)23-16(24)11-26-17(25)9-6-12-4-2-1-3-5-12/h1-5,7-8,10H,6,9,11H2,(H,23,24). The summed E-state index contributed by atoms with van der Waals surface area (Å²) in [6.45, 7) is -0.611. The van der Waals surface area contributed by atoms with Gasteiger partial charge in [0.1, 0.15) is 0 Å². The highest BCUT2D eigenvalue weighted by Crippen LogP contribution is 2.33. The number of hydrogen-bond acceptors (Lipinski definition) is 3. The third kappa shape index (κ3) is 6.07.